The lowest BCUT2D eigenvalue weighted by molar-refractivity contribution is -0.122. The highest BCUT2D eigenvalue weighted by Gasteiger charge is 2.28. The predicted octanol–water partition coefficient (Wildman–Crippen LogP) is 2.35. The van der Waals surface area contributed by atoms with Crippen molar-refractivity contribution in [3.63, 3.8) is 0 Å². The molecule has 3 rings (SSSR count). The van der Waals surface area contributed by atoms with Gasteiger partial charge in [-0.05, 0) is 37.3 Å². The molecule has 0 atom stereocenters. The summed E-state index contributed by atoms with van der Waals surface area (Å²) in [6.07, 6.45) is 1.24. The molecule has 0 radical (unpaired) electrons. The summed E-state index contributed by atoms with van der Waals surface area (Å²) in [5, 5.41) is 3.79. The van der Waals surface area contributed by atoms with E-state index in [9.17, 15) is 17.6 Å². The van der Waals surface area contributed by atoms with Crippen molar-refractivity contribution in [1.82, 2.24) is 14.6 Å². The zero-order chi connectivity index (χ0) is 21.7. The van der Waals surface area contributed by atoms with Crippen LogP contribution in [0.25, 0.3) is 0 Å². The largest absolute Gasteiger partial charge is 0.292 e. The zero-order valence-corrected chi connectivity index (χ0v) is 18.8. The van der Waals surface area contributed by atoms with Gasteiger partial charge >= 0.3 is 0 Å². The van der Waals surface area contributed by atoms with Crippen LogP contribution in [0.1, 0.15) is 11.1 Å². The molecule has 1 amide bonds. The van der Waals surface area contributed by atoms with Crippen molar-refractivity contribution in [2.45, 2.75) is 11.8 Å². The third kappa shape index (κ3) is 5.72. The number of amides is 1. The van der Waals surface area contributed by atoms with Gasteiger partial charge in [0.05, 0.1) is 17.7 Å². The van der Waals surface area contributed by atoms with Crippen molar-refractivity contribution < 1.29 is 17.6 Å². The Bertz CT molecular complexity index is 1040. The molecule has 1 aliphatic heterocycles. The summed E-state index contributed by atoms with van der Waals surface area (Å²) in [5.41, 5.74) is 3.62. The van der Waals surface area contributed by atoms with Gasteiger partial charge in [-0.3, -0.25) is 9.69 Å². The number of rotatable bonds is 6. The monoisotopic (exact) mass is 496 g/mol. The number of hydrogen-bond acceptors (Lipinski definition) is 5. The Morgan fingerprint density at radius 2 is 1.83 bits per heavy atom. The lowest BCUT2D eigenvalue weighted by Gasteiger charge is -2.33. The summed E-state index contributed by atoms with van der Waals surface area (Å²) in [6, 6.07) is 11.2. The molecule has 0 aliphatic carbocycles. The summed E-state index contributed by atoms with van der Waals surface area (Å²) < 4.78 is 41.2. The maximum Gasteiger partial charge on any atom is 0.254 e. The number of halogens is 2. The Morgan fingerprint density at radius 3 is 2.50 bits per heavy atom. The Morgan fingerprint density at radius 1 is 1.17 bits per heavy atom. The van der Waals surface area contributed by atoms with E-state index in [1.807, 2.05) is 11.8 Å². The molecule has 7 nitrogen and oxygen atoms in total. The second-order valence-electron chi connectivity index (χ2n) is 6.95. The number of carbonyl (C=O) groups excluding carboxylic acids is 1. The molecule has 0 spiro atoms. The van der Waals surface area contributed by atoms with Crippen LogP contribution in [0.3, 0.4) is 0 Å². The molecule has 30 heavy (non-hydrogen) atoms. The van der Waals surface area contributed by atoms with Crippen LogP contribution in [0, 0.1) is 12.7 Å². The molecule has 2 aromatic rings. The van der Waals surface area contributed by atoms with E-state index in [4.69, 9.17) is 0 Å². The summed E-state index contributed by atoms with van der Waals surface area (Å²) in [5.74, 6) is -0.793. The average molecular weight is 497 g/mol. The first-order valence-corrected chi connectivity index (χ1v) is 11.5. The van der Waals surface area contributed by atoms with E-state index in [1.54, 1.807) is 36.4 Å². The van der Waals surface area contributed by atoms with Gasteiger partial charge in [0.1, 0.15) is 5.82 Å². The van der Waals surface area contributed by atoms with Crippen LogP contribution in [0.15, 0.2) is 56.9 Å². The van der Waals surface area contributed by atoms with E-state index in [2.05, 4.69) is 26.5 Å². The van der Waals surface area contributed by atoms with E-state index in [0.717, 1.165) is 5.56 Å². The van der Waals surface area contributed by atoms with E-state index in [1.165, 1.54) is 16.6 Å². The van der Waals surface area contributed by atoms with Gasteiger partial charge in [-0.25, -0.2) is 18.2 Å². The summed E-state index contributed by atoms with van der Waals surface area (Å²) in [7, 11) is -3.54. The molecule has 1 saturated heterocycles. The van der Waals surface area contributed by atoms with Crippen molar-refractivity contribution >= 4 is 38.1 Å². The molecule has 1 fully saturated rings. The molecule has 1 N–H and O–H groups in total. The molecule has 2 aromatic carbocycles. The smallest absolute Gasteiger partial charge is 0.254 e. The first kappa shape index (κ1) is 22.5. The topological polar surface area (TPSA) is 82.1 Å². The fourth-order valence-corrected chi connectivity index (χ4v) is 4.81. The van der Waals surface area contributed by atoms with Crippen LogP contribution in [-0.2, 0) is 14.8 Å². The number of nitrogens with one attached hydrogen (secondary N) is 1. The van der Waals surface area contributed by atoms with Crippen molar-refractivity contribution in [2.75, 3.05) is 32.7 Å². The lowest BCUT2D eigenvalue weighted by atomic mass is 10.2. The number of hydrazone groups is 1. The molecule has 0 aromatic heterocycles. The van der Waals surface area contributed by atoms with Crippen molar-refractivity contribution in [2.24, 2.45) is 5.10 Å². The molecule has 160 valence electrons. The first-order chi connectivity index (χ1) is 14.3. The van der Waals surface area contributed by atoms with Crippen LogP contribution >= 0.6 is 15.9 Å². The Labute approximate surface area is 183 Å². The highest BCUT2D eigenvalue weighted by atomic mass is 79.9. The van der Waals surface area contributed by atoms with Gasteiger partial charge in [-0.2, -0.15) is 9.41 Å². The fraction of sp³-hybridized carbons (Fsp3) is 0.300. The van der Waals surface area contributed by atoms with Crippen molar-refractivity contribution in [3.8, 4) is 0 Å². The average Bonchev–Trinajstić information content (AvgIpc) is 2.71. The number of carbonyl (C=O) groups is 1. The Hall–Kier alpha value is -2.14. The lowest BCUT2D eigenvalue weighted by Crippen LogP contribution is -2.50. The molecular formula is C20H22BrFN4O3S. The molecule has 1 aliphatic rings. The van der Waals surface area contributed by atoms with E-state index in [0.29, 0.717) is 30.7 Å². The van der Waals surface area contributed by atoms with Gasteiger partial charge in [0.2, 0.25) is 10.0 Å². The quantitative estimate of drug-likeness (QED) is 0.491. The second-order valence-corrected chi connectivity index (χ2v) is 9.81. The van der Waals surface area contributed by atoms with Gasteiger partial charge in [0, 0.05) is 36.2 Å². The third-order valence-corrected chi connectivity index (χ3v) is 7.11. The van der Waals surface area contributed by atoms with E-state index in [-0.39, 0.29) is 22.9 Å². The van der Waals surface area contributed by atoms with Crippen LogP contribution in [0.4, 0.5) is 4.39 Å². The second kappa shape index (κ2) is 9.78. The van der Waals surface area contributed by atoms with Crippen LogP contribution in [0.5, 0.6) is 0 Å². The summed E-state index contributed by atoms with van der Waals surface area (Å²) in [4.78, 5) is 14.2. The van der Waals surface area contributed by atoms with Crippen LogP contribution in [-0.4, -0.2) is 62.5 Å². The SMILES string of the molecule is Cc1ccc(S(=O)(=O)N2CCN(CC(=O)NN=Cc3cc(Br)ccc3F)CC2)cc1. The number of benzene rings is 2. The highest BCUT2D eigenvalue weighted by Crippen LogP contribution is 2.18. The molecular weight excluding hydrogens is 475 g/mol. The van der Waals surface area contributed by atoms with Gasteiger partial charge < -0.3 is 0 Å². The van der Waals surface area contributed by atoms with Crippen LogP contribution in [0.2, 0.25) is 0 Å². The molecule has 0 bridgehead atoms. The summed E-state index contributed by atoms with van der Waals surface area (Å²) in [6.45, 7) is 3.45. The third-order valence-electron chi connectivity index (χ3n) is 4.71. The number of hydrogen-bond donors (Lipinski definition) is 1. The number of aryl methyl sites for hydroxylation is 1. The molecule has 0 saturated carbocycles. The maximum absolute atomic E-state index is 13.7. The maximum atomic E-state index is 13.7. The minimum absolute atomic E-state index is 0.0801. The minimum atomic E-state index is -3.54. The van der Waals surface area contributed by atoms with Crippen molar-refractivity contribution in [3.05, 3.63) is 63.9 Å². The van der Waals surface area contributed by atoms with Crippen LogP contribution < -0.4 is 5.43 Å². The van der Waals surface area contributed by atoms with E-state index < -0.39 is 15.8 Å². The normalized spacial score (nSPS) is 16.1. The number of sulfonamides is 1. The Balaban J connectivity index is 1.49. The highest BCUT2D eigenvalue weighted by molar-refractivity contribution is 9.10. The van der Waals surface area contributed by atoms with Gasteiger partial charge in [0.25, 0.3) is 5.91 Å². The molecule has 0 unspecified atom stereocenters. The van der Waals surface area contributed by atoms with Gasteiger partial charge in [0.15, 0.2) is 0 Å². The zero-order valence-electron chi connectivity index (χ0n) is 16.4. The Kier molecular flexibility index (Phi) is 7.35. The molecule has 10 heteroatoms. The van der Waals surface area contributed by atoms with Gasteiger partial charge in [-0.15, -0.1) is 0 Å². The van der Waals surface area contributed by atoms with Gasteiger partial charge in [-0.1, -0.05) is 33.6 Å². The van der Waals surface area contributed by atoms with Crippen molar-refractivity contribution in [1.29, 1.82) is 0 Å². The predicted molar refractivity (Wildman–Crippen MR) is 116 cm³/mol. The summed E-state index contributed by atoms with van der Waals surface area (Å²) >= 11 is 3.25. The molecule has 1 heterocycles. The standard InChI is InChI=1S/C20H22BrFN4O3S/c1-15-2-5-18(6-3-15)30(28,29)26-10-8-25(9-11-26)14-20(27)24-23-13-16-12-17(21)4-7-19(16)22/h2-7,12-13H,8-11,14H2,1H3,(H,24,27). The number of nitrogens with zero attached hydrogens (tertiary/aromatic N) is 3. The van der Waals surface area contributed by atoms with E-state index >= 15 is 0 Å². The minimum Gasteiger partial charge on any atom is -0.292 e. The number of piperazine rings is 1. The first-order valence-electron chi connectivity index (χ1n) is 9.32. The fourth-order valence-electron chi connectivity index (χ4n) is 3.01.